The van der Waals surface area contributed by atoms with E-state index >= 15 is 0 Å². The second-order valence-corrected chi connectivity index (χ2v) is 8.62. The topological polar surface area (TPSA) is 72.8 Å². The maximum absolute atomic E-state index is 12.0. The van der Waals surface area contributed by atoms with Crippen LogP contribution in [0.15, 0.2) is 23.8 Å². The van der Waals surface area contributed by atoms with Crippen molar-refractivity contribution in [3.63, 3.8) is 0 Å². The lowest BCUT2D eigenvalue weighted by Crippen LogP contribution is -2.53. The molecule has 144 valence electrons. The van der Waals surface area contributed by atoms with Crippen LogP contribution in [0, 0.1) is 22.7 Å². The van der Waals surface area contributed by atoms with Gasteiger partial charge in [0.1, 0.15) is 0 Å². The fraction of sp³-hybridized carbons (Fsp3) is 0.714. The number of allylic oxidation sites excluding steroid dienone is 1. The summed E-state index contributed by atoms with van der Waals surface area (Å²) in [6.45, 7) is 8.47. The Kier molecular flexibility index (Phi) is 5.04. The number of cyclic esters (lactones) is 1. The number of rotatable bonds is 5. The first-order valence-electron chi connectivity index (χ1n) is 9.58. The maximum atomic E-state index is 12.0. The molecule has 3 aliphatic rings. The van der Waals surface area contributed by atoms with E-state index in [0.717, 1.165) is 38.5 Å². The average molecular weight is 362 g/mol. The standard InChI is InChI=1S/C21H30O5/c1-13-6-9-16-20(2,10-5-11-21(16,3)19(23)24)15(13)8-7-14-12-17(25-4)26-18(14)22/h12,15-17H,1,5-11H2,2-4H3,(H,23,24)/t15-,16-,17+,20-,21+/m1/s1. The quantitative estimate of drug-likeness (QED) is 0.589. The Hall–Kier alpha value is -1.62. The van der Waals surface area contributed by atoms with Crippen LogP contribution in [0.4, 0.5) is 0 Å². The van der Waals surface area contributed by atoms with E-state index in [1.54, 1.807) is 6.08 Å². The van der Waals surface area contributed by atoms with Crippen LogP contribution in [0.1, 0.15) is 58.8 Å². The Balaban J connectivity index is 1.81. The summed E-state index contributed by atoms with van der Waals surface area (Å²) < 4.78 is 10.2. The largest absolute Gasteiger partial charge is 0.481 e. The number of carboxylic acid groups (broad SMARTS) is 1. The number of hydrogen-bond donors (Lipinski definition) is 1. The van der Waals surface area contributed by atoms with Crippen molar-refractivity contribution >= 4 is 11.9 Å². The average Bonchev–Trinajstić information content (AvgIpc) is 2.94. The number of ether oxygens (including phenoxy) is 2. The molecule has 1 aliphatic heterocycles. The van der Waals surface area contributed by atoms with Crippen LogP contribution in [0.3, 0.4) is 0 Å². The van der Waals surface area contributed by atoms with Gasteiger partial charge < -0.3 is 14.6 Å². The summed E-state index contributed by atoms with van der Waals surface area (Å²) in [4.78, 5) is 24.0. The number of carbonyl (C=O) groups excluding carboxylic acids is 1. The van der Waals surface area contributed by atoms with Gasteiger partial charge >= 0.3 is 11.9 Å². The maximum Gasteiger partial charge on any atom is 0.336 e. The first kappa shape index (κ1) is 19.2. The van der Waals surface area contributed by atoms with Crippen LogP contribution in [0.25, 0.3) is 0 Å². The summed E-state index contributed by atoms with van der Waals surface area (Å²) in [5, 5.41) is 9.89. The van der Waals surface area contributed by atoms with Crippen molar-refractivity contribution in [3.8, 4) is 0 Å². The van der Waals surface area contributed by atoms with Crippen molar-refractivity contribution in [1.29, 1.82) is 0 Å². The monoisotopic (exact) mass is 362 g/mol. The van der Waals surface area contributed by atoms with Crippen LogP contribution in [-0.4, -0.2) is 30.4 Å². The van der Waals surface area contributed by atoms with Crippen molar-refractivity contribution in [2.45, 2.75) is 65.1 Å². The van der Waals surface area contributed by atoms with Crippen molar-refractivity contribution in [2.24, 2.45) is 22.7 Å². The highest BCUT2D eigenvalue weighted by atomic mass is 16.7. The van der Waals surface area contributed by atoms with Gasteiger partial charge in [-0.1, -0.05) is 25.5 Å². The van der Waals surface area contributed by atoms with Gasteiger partial charge in [-0.05, 0) is 68.8 Å². The smallest absolute Gasteiger partial charge is 0.336 e. The van der Waals surface area contributed by atoms with Crippen molar-refractivity contribution < 1.29 is 24.2 Å². The zero-order valence-corrected chi connectivity index (χ0v) is 16.0. The third-order valence-electron chi connectivity index (χ3n) is 7.27. The van der Waals surface area contributed by atoms with Crippen LogP contribution in [0.5, 0.6) is 0 Å². The molecule has 2 fully saturated rings. The highest BCUT2D eigenvalue weighted by Crippen LogP contribution is 2.62. The summed E-state index contributed by atoms with van der Waals surface area (Å²) >= 11 is 0. The Bertz CT molecular complexity index is 651. The normalized spacial score (nSPS) is 40.0. The Morgan fingerprint density at radius 3 is 2.77 bits per heavy atom. The van der Waals surface area contributed by atoms with Crippen molar-refractivity contribution in [1.82, 2.24) is 0 Å². The Morgan fingerprint density at radius 2 is 2.15 bits per heavy atom. The summed E-state index contributed by atoms with van der Waals surface area (Å²) in [5.74, 6) is -0.604. The summed E-state index contributed by atoms with van der Waals surface area (Å²) in [6.07, 6.45) is 7.05. The minimum Gasteiger partial charge on any atom is -0.481 e. The van der Waals surface area contributed by atoms with Gasteiger partial charge in [-0.15, -0.1) is 0 Å². The van der Waals surface area contributed by atoms with E-state index in [9.17, 15) is 14.7 Å². The van der Waals surface area contributed by atoms with E-state index in [4.69, 9.17) is 9.47 Å². The fourth-order valence-corrected chi connectivity index (χ4v) is 5.79. The zero-order valence-electron chi connectivity index (χ0n) is 16.0. The predicted molar refractivity (Wildman–Crippen MR) is 97.3 cm³/mol. The lowest BCUT2D eigenvalue weighted by Gasteiger charge is -2.57. The molecule has 2 saturated carbocycles. The number of carbonyl (C=O) groups is 2. The second-order valence-electron chi connectivity index (χ2n) is 8.62. The summed E-state index contributed by atoms with van der Waals surface area (Å²) in [6, 6.07) is 0. The Morgan fingerprint density at radius 1 is 1.42 bits per heavy atom. The van der Waals surface area contributed by atoms with E-state index in [1.807, 2.05) is 6.92 Å². The molecule has 0 aromatic carbocycles. The SMILES string of the molecule is C=C1CC[C@@H]2[C@](C)(CCC[C@]2(C)C(=O)O)[C@@H]1CCC1=C[C@@H](OC)OC1=O. The van der Waals surface area contributed by atoms with E-state index in [0.29, 0.717) is 12.0 Å². The first-order chi connectivity index (χ1) is 12.2. The highest BCUT2D eigenvalue weighted by Gasteiger charge is 2.57. The predicted octanol–water partition coefficient (Wildman–Crippen LogP) is 4.09. The summed E-state index contributed by atoms with van der Waals surface area (Å²) in [5.41, 5.74) is 1.11. The zero-order chi connectivity index (χ0) is 19.1. The van der Waals surface area contributed by atoms with Gasteiger partial charge in [-0.3, -0.25) is 4.79 Å². The third kappa shape index (κ3) is 3.00. The van der Waals surface area contributed by atoms with Crippen LogP contribution >= 0.6 is 0 Å². The molecule has 0 amide bonds. The molecular weight excluding hydrogens is 332 g/mol. The van der Waals surface area contributed by atoms with Crippen LogP contribution < -0.4 is 0 Å². The van der Waals surface area contributed by atoms with Gasteiger partial charge in [0.15, 0.2) is 0 Å². The second kappa shape index (κ2) is 6.84. The highest BCUT2D eigenvalue weighted by molar-refractivity contribution is 5.90. The molecule has 2 aliphatic carbocycles. The van der Waals surface area contributed by atoms with Crippen LogP contribution in [-0.2, 0) is 19.1 Å². The van der Waals surface area contributed by atoms with E-state index in [1.165, 1.54) is 12.7 Å². The molecule has 1 heterocycles. The number of carboxylic acids is 1. The molecular formula is C21H30O5. The lowest BCUT2D eigenvalue weighted by molar-refractivity contribution is -0.164. The molecule has 1 N–H and O–H groups in total. The van der Waals surface area contributed by atoms with Crippen molar-refractivity contribution in [2.75, 3.05) is 7.11 Å². The van der Waals surface area contributed by atoms with E-state index < -0.39 is 17.7 Å². The molecule has 0 aromatic heterocycles. The van der Waals surface area contributed by atoms with E-state index in [2.05, 4.69) is 13.5 Å². The number of aliphatic carboxylic acids is 1. The number of methoxy groups -OCH3 is 1. The van der Waals surface area contributed by atoms with Gasteiger partial charge in [0.25, 0.3) is 0 Å². The lowest BCUT2D eigenvalue weighted by atomic mass is 9.46. The number of hydrogen-bond acceptors (Lipinski definition) is 4. The summed E-state index contributed by atoms with van der Waals surface area (Å²) in [7, 11) is 1.51. The van der Waals surface area contributed by atoms with Gasteiger partial charge in [0, 0.05) is 12.7 Å². The van der Waals surface area contributed by atoms with Crippen molar-refractivity contribution in [3.05, 3.63) is 23.8 Å². The first-order valence-corrected chi connectivity index (χ1v) is 9.58. The molecule has 0 spiro atoms. The molecule has 5 heteroatoms. The van der Waals surface area contributed by atoms with E-state index in [-0.39, 0.29) is 23.2 Å². The number of esters is 1. The molecule has 0 bridgehead atoms. The molecule has 0 aromatic rings. The van der Waals surface area contributed by atoms with Gasteiger partial charge in [0.2, 0.25) is 6.29 Å². The third-order valence-corrected chi connectivity index (χ3v) is 7.27. The molecule has 5 nitrogen and oxygen atoms in total. The molecule has 3 rings (SSSR count). The molecule has 0 saturated heterocycles. The molecule has 0 radical (unpaired) electrons. The Labute approximate surface area is 155 Å². The number of fused-ring (bicyclic) bond motifs is 1. The fourth-order valence-electron chi connectivity index (χ4n) is 5.79. The molecule has 5 atom stereocenters. The van der Waals surface area contributed by atoms with Gasteiger partial charge in [0.05, 0.1) is 5.41 Å². The minimum atomic E-state index is -0.676. The van der Waals surface area contributed by atoms with Gasteiger partial charge in [-0.2, -0.15) is 0 Å². The molecule has 26 heavy (non-hydrogen) atoms. The minimum absolute atomic E-state index is 0.0789. The molecule has 0 unspecified atom stereocenters. The van der Waals surface area contributed by atoms with Crippen LogP contribution in [0.2, 0.25) is 0 Å². The van der Waals surface area contributed by atoms with Gasteiger partial charge in [-0.25, -0.2) is 4.79 Å².